The van der Waals surface area contributed by atoms with Gasteiger partial charge in [0.1, 0.15) is 18.1 Å². The highest BCUT2D eigenvalue weighted by Gasteiger charge is 2.20. The summed E-state index contributed by atoms with van der Waals surface area (Å²) in [5, 5.41) is 10.2. The Morgan fingerprint density at radius 2 is 1.79 bits per heavy atom. The minimum atomic E-state index is 0.0152. The van der Waals surface area contributed by atoms with Gasteiger partial charge in [-0.25, -0.2) is 0 Å². The van der Waals surface area contributed by atoms with Gasteiger partial charge in [-0.1, -0.05) is 62.4 Å². The van der Waals surface area contributed by atoms with Crippen molar-refractivity contribution in [3.8, 4) is 11.5 Å². The third kappa shape index (κ3) is 4.38. The fourth-order valence-electron chi connectivity index (χ4n) is 3.34. The molecule has 24 heavy (non-hydrogen) atoms. The van der Waals surface area contributed by atoms with Gasteiger partial charge in [0.25, 0.3) is 0 Å². The lowest BCUT2D eigenvalue weighted by Gasteiger charge is -2.20. The van der Waals surface area contributed by atoms with Crippen molar-refractivity contribution in [2.45, 2.75) is 45.1 Å². The van der Waals surface area contributed by atoms with E-state index in [9.17, 15) is 9.90 Å². The summed E-state index contributed by atoms with van der Waals surface area (Å²) >= 11 is 0. The summed E-state index contributed by atoms with van der Waals surface area (Å²) in [5.74, 6) is 1.10. The summed E-state index contributed by atoms with van der Waals surface area (Å²) in [7, 11) is 0. The summed E-state index contributed by atoms with van der Waals surface area (Å²) in [6.45, 7) is 0.440. The molecule has 3 rings (SSSR count). The first-order valence-corrected chi connectivity index (χ1v) is 8.75. The Morgan fingerprint density at radius 1 is 1.04 bits per heavy atom. The molecule has 1 fully saturated rings. The zero-order valence-corrected chi connectivity index (χ0v) is 13.9. The second-order valence-corrected chi connectivity index (χ2v) is 6.58. The third-order valence-corrected chi connectivity index (χ3v) is 4.72. The molecular weight excluding hydrogens is 300 g/mol. The quantitative estimate of drug-likeness (QED) is 0.750. The second-order valence-electron chi connectivity index (χ2n) is 6.58. The molecular formula is C21H24O3. The van der Waals surface area contributed by atoms with Crippen molar-refractivity contribution >= 4 is 5.78 Å². The number of ketones is 1. The highest BCUT2D eigenvalue weighted by molar-refractivity contribution is 5.98. The molecule has 0 spiro atoms. The summed E-state index contributed by atoms with van der Waals surface area (Å²) < 4.78 is 5.69. The average Bonchev–Trinajstić information content (AvgIpc) is 2.61. The van der Waals surface area contributed by atoms with E-state index >= 15 is 0 Å². The van der Waals surface area contributed by atoms with Crippen LogP contribution in [-0.4, -0.2) is 10.9 Å². The Bertz CT molecular complexity index is 673. The summed E-state index contributed by atoms with van der Waals surface area (Å²) in [4.78, 5) is 12.4. The molecule has 0 heterocycles. The first-order valence-electron chi connectivity index (χ1n) is 8.75. The Labute approximate surface area is 143 Å². The molecule has 3 nitrogen and oxygen atoms in total. The largest absolute Gasteiger partial charge is 0.507 e. The number of aromatic hydroxyl groups is 1. The van der Waals surface area contributed by atoms with Crippen LogP contribution in [0, 0.1) is 5.92 Å². The number of hydrogen-bond acceptors (Lipinski definition) is 3. The zero-order chi connectivity index (χ0) is 16.8. The minimum Gasteiger partial charge on any atom is -0.507 e. The van der Waals surface area contributed by atoms with Gasteiger partial charge in [-0.2, -0.15) is 0 Å². The first-order chi connectivity index (χ1) is 11.7. The van der Waals surface area contributed by atoms with Crippen LogP contribution in [0.15, 0.2) is 48.5 Å². The summed E-state index contributed by atoms with van der Waals surface area (Å²) in [6, 6.07) is 14.8. The molecule has 2 aromatic carbocycles. The van der Waals surface area contributed by atoms with Crippen molar-refractivity contribution < 1.29 is 14.6 Å². The number of benzene rings is 2. The number of phenols is 1. The van der Waals surface area contributed by atoms with Gasteiger partial charge in [0.2, 0.25) is 0 Å². The molecule has 0 saturated heterocycles. The molecule has 0 aromatic heterocycles. The number of carbonyl (C=O) groups excluding carboxylic acids is 1. The van der Waals surface area contributed by atoms with Gasteiger partial charge in [0.15, 0.2) is 5.78 Å². The van der Waals surface area contributed by atoms with E-state index in [1.807, 2.05) is 30.3 Å². The summed E-state index contributed by atoms with van der Waals surface area (Å²) in [6.07, 6.45) is 6.52. The molecule has 1 aliphatic rings. The van der Waals surface area contributed by atoms with Gasteiger partial charge in [-0.3, -0.25) is 4.79 Å². The smallest absolute Gasteiger partial charge is 0.166 e. The van der Waals surface area contributed by atoms with E-state index in [0.29, 0.717) is 30.3 Å². The molecule has 0 unspecified atom stereocenters. The van der Waals surface area contributed by atoms with Crippen molar-refractivity contribution in [2.24, 2.45) is 5.92 Å². The van der Waals surface area contributed by atoms with Crippen LogP contribution in [0.4, 0.5) is 0 Å². The standard InChI is InChI=1S/C21H24O3/c22-20(13-16-7-3-1-4-8-16)19-12-11-18(14-21(19)23)24-15-17-9-5-2-6-10-17/h2,5-6,9-12,14,16,23H,1,3-4,7-8,13,15H2. The first kappa shape index (κ1) is 16.6. The van der Waals surface area contributed by atoms with E-state index in [-0.39, 0.29) is 11.5 Å². The molecule has 0 aliphatic heterocycles. The van der Waals surface area contributed by atoms with Crippen molar-refractivity contribution in [3.63, 3.8) is 0 Å². The summed E-state index contributed by atoms with van der Waals surface area (Å²) in [5.41, 5.74) is 1.47. The van der Waals surface area contributed by atoms with E-state index in [0.717, 1.165) is 18.4 Å². The molecule has 1 N–H and O–H groups in total. The highest BCUT2D eigenvalue weighted by atomic mass is 16.5. The maximum atomic E-state index is 12.4. The van der Waals surface area contributed by atoms with Gasteiger partial charge in [0.05, 0.1) is 5.56 Å². The molecule has 0 bridgehead atoms. The van der Waals surface area contributed by atoms with Gasteiger partial charge in [-0.15, -0.1) is 0 Å². The molecule has 126 valence electrons. The van der Waals surface area contributed by atoms with Crippen molar-refractivity contribution in [3.05, 3.63) is 59.7 Å². The molecule has 3 heteroatoms. The van der Waals surface area contributed by atoms with Crippen molar-refractivity contribution in [2.75, 3.05) is 0 Å². The molecule has 1 saturated carbocycles. The van der Waals surface area contributed by atoms with E-state index < -0.39 is 0 Å². The Morgan fingerprint density at radius 3 is 2.50 bits per heavy atom. The van der Waals surface area contributed by atoms with Gasteiger partial charge in [0, 0.05) is 12.5 Å². The topological polar surface area (TPSA) is 46.5 Å². The second kappa shape index (κ2) is 8.00. The SMILES string of the molecule is O=C(CC1CCCCC1)c1ccc(OCc2ccccc2)cc1O. The van der Waals surface area contributed by atoms with Crippen molar-refractivity contribution in [1.82, 2.24) is 0 Å². The fraction of sp³-hybridized carbons (Fsp3) is 0.381. The lowest BCUT2D eigenvalue weighted by molar-refractivity contribution is 0.0947. The van der Waals surface area contributed by atoms with Crippen LogP contribution < -0.4 is 4.74 Å². The van der Waals surface area contributed by atoms with Crippen LogP contribution in [0.5, 0.6) is 11.5 Å². The van der Waals surface area contributed by atoms with Crippen LogP contribution in [0.2, 0.25) is 0 Å². The highest BCUT2D eigenvalue weighted by Crippen LogP contribution is 2.30. The lowest BCUT2D eigenvalue weighted by atomic mass is 9.84. The zero-order valence-electron chi connectivity index (χ0n) is 13.9. The van der Waals surface area contributed by atoms with Crippen LogP contribution in [-0.2, 0) is 6.61 Å². The minimum absolute atomic E-state index is 0.0152. The van der Waals surface area contributed by atoms with Crippen LogP contribution in [0.1, 0.15) is 54.4 Å². The Balaban J connectivity index is 1.60. The van der Waals surface area contributed by atoms with Gasteiger partial charge in [-0.05, 0) is 23.6 Å². The van der Waals surface area contributed by atoms with Gasteiger partial charge >= 0.3 is 0 Å². The molecule has 2 aromatic rings. The van der Waals surface area contributed by atoms with E-state index in [1.165, 1.54) is 25.3 Å². The number of ether oxygens (including phenoxy) is 1. The Hall–Kier alpha value is -2.29. The molecule has 0 amide bonds. The number of hydrogen-bond donors (Lipinski definition) is 1. The van der Waals surface area contributed by atoms with Crippen LogP contribution in [0.25, 0.3) is 0 Å². The number of carbonyl (C=O) groups is 1. The maximum Gasteiger partial charge on any atom is 0.166 e. The predicted molar refractivity (Wildman–Crippen MR) is 94.4 cm³/mol. The average molecular weight is 324 g/mol. The molecule has 0 radical (unpaired) electrons. The lowest BCUT2D eigenvalue weighted by Crippen LogP contribution is -2.12. The van der Waals surface area contributed by atoms with Crippen molar-refractivity contribution in [1.29, 1.82) is 0 Å². The van der Waals surface area contributed by atoms with Gasteiger partial charge < -0.3 is 9.84 Å². The number of rotatable bonds is 6. The molecule has 1 aliphatic carbocycles. The van der Waals surface area contributed by atoms with E-state index in [1.54, 1.807) is 12.1 Å². The van der Waals surface area contributed by atoms with Crippen LogP contribution >= 0.6 is 0 Å². The fourth-order valence-corrected chi connectivity index (χ4v) is 3.34. The van der Waals surface area contributed by atoms with E-state index in [2.05, 4.69) is 0 Å². The van der Waals surface area contributed by atoms with Crippen LogP contribution in [0.3, 0.4) is 0 Å². The van der Waals surface area contributed by atoms with E-state index in [4.69, 9.17) is 4.74 Å². The normalized spacial score (nSPS) is 15.2. The number of Topliss-reactive ketones (excluding diaryl/α,β-unsaturated/α-hetero) is 1. The Kier molecular flexibility index (Phi) is 5.52. The monoisotopic (exact) mass is 324 g/mol. The number of phenolic OH excluding ortho intramolecular Hbond substituents is 1. The predicted octanol–water partition coefficient (Wildman–Crippen LogP) is 5.12. The maximum absolute atomic E-state index is 12.4. The molecule has 0 atom stereocenters. The third-order valence-electron chi connectivity index (χ3n) is 4.72.